The minimum atomic E-state index is -0.149. The number of carbonyl (C=O) groups is 2. The summed E-state index contributed by atoms with van der Waals surface area (Å²) >= 11 is 0. The van der Waals surface area contributed by atoms with Crippen molar-refractivity contribution in [2.24, 2.45) is 5.92 Å². The molecule has 0 bridgehead atoms. The zero-order valence-electron chi connectivity index (χ0n) is 13.0. The standard InChI is InChI=1S/C17H24N2O2/c1-17(2,3)14-9-4-12(5-10-14)6-11-15(20)18-19-16(21)13-7-8-13/h4-5,9-10,13H,6-8,11H2,1-3H3,(H,18,20)(H,19,21). The normalized spacial score (nSPS) is 14.6. The van der Waals surface area contributed by atoms with Crippen molar-refractivity contribution in [3.63, 3.8) is 0 Å². The first-order valence-corrected chi connectivity index (χ1v) is 7.54. The highest BCUT2D eigenvalue weighted by atomic mass is 16.2. The van der Waals surface area contributed by atoms with Gasteiger partial charge in [-0.2, -0.15) is 0 Å². The summed E-state index contributed by atoms with van der Waals surface area (Å²) in [4.78, 5) is 23.1. The number of rotatable bonds is 4. The predicted octanol–water partition coefficient (Wildman–Crippen LogP) is 2.47. The Kier molecular flexibility index (Phi) is 4.66. The molecule has 0 unspecified atom stereocenters. The highest BCUT2D eigenvalue weighted by Gasteiger charge is 2.29. The van der Waals surface area contributed by atoms with Crippen LogP contribution in [0.3, 0.4) is 0 Å². The molecular formula is C17H24N2O2. The van der Waals surface area contributed by atoms with Gasteiger partial charge in [0.25, 0.3) is 0 Å². The molecule has 0 atom stereocenters. The molecule has 0 aliphatic heterocycles. The van der Waals surface area contributed by atoms with E-state index in [1.54, 1.807) is 0 Å². The predicted molar refractivity (Wildman–Crippen MR) is 82.5 cm³/mol. The molecule has 4 heteroatoms. The minimum Gasteiger partial charge on any atom is -0.273 e. The van der Waals surface area contributed by atoms with Crippen LogP contribution in [0.15, 0.2) is 24.3 Å². The van der Waals surface area contributed by atoms with E-state index in [4.69, 9.17) is 0 Å². The quantitative estimate of drug-likeness (QED) is 0.836. The summed E-state index contributed by atoms with van der Waals surface area (Å²) in [7, 11) is 0. The van der Waals surface area contributed by atoms with Crippen molar-refractivity contribution in [1.29, 1.82) is 0 Å². The Balaban J connectivity index is 1.74. The zero-order valence-corrected chi connectivity index (χ0v) is 13.0. The van der Waals surface area contributed by atoms with E-state index in [1.807, 2.05) is 0 Å². The Morgan fingerprint density at radius 2 is 1.71 bits per heavy atom. The molecule has 0 heterocycles. The Labute approximate surface area is 126 Å². The van der Waals surface area contributed by atoms with Crippen LogP contribution in [0.1, 0.15) is 51.2 Å². The summed E-state index contributed by atoms with van der Waals surface area (Å²) in [6.45, 7) is 6.54. The highest BCUT2D eigenvalue weighted by Crippen LogP contribution is 2.28. The minimum absolute atomic E-state index is 0.0714. The van der Waals surface area contributed by atoms with E-state index in [9.17, 15) is 9.59 Å². The van der Waals surface area contributed by atoms with Crippen LogP contribution in [0.25, 0.3) is 0 Å². The third-order valence-corrected chi connectivity index (χ3v) is 3.73. The summed E-state index contributed by atoms with van der Waals surface area (Å²) in [5, 5.41) is 0. The van der Waals surface area contributed by atoms with Crippen LogP contribution in [0.5, 0.6) is 0 Å². The van der Waals surface area contributed by atoms with Crippen LogP contribution in [-0.2, 0) is 21.4 Å². The van der Waals surface area contributed by atoms with Gasteiger partial charge in [-0.15, -0.1) is 0 Å². The number of amides is 2. The van der Waals surface area contributed by atoms with Crippen molar-refractivity contribution in [3.8, 4) is 0 Å². The first-order chi connectivity index (χ1) is 9.86. The fourth-order valence-electron chi connectivity index (χ4n) is 2.07. The van der Waals surface area contributed by atoms with Crippen LogP contribution in [0, 0.1) is 5.92 Å². The van der Waals surface area contributed by atoms with Gasteiger partial charge in [0.15, 0.2) is 0 Å². The van der Waals surface area contributed by atoms with Gasteiger partial charge in [0.1, 0.15) is 0 Å². The molecule has 4 nitrogen and oxygen atoms in total. The molecule has 0 spiro atoms. The van der Waals surface area contributed by atoms with Gasteiger partial charge < -0.3 is 0 Å². The molecule has 0 aromatic heterocycles. The maximum Gasteiger partial charge on any atom is 0.241 e. The lowest BCUT2D eigenvalue weighted by molar-refractivity contribution is -0.129. The number of benzene rings is 1. The van der Waals surface area contributed by atoms with Crippen molar-refractivity contribution in [2.75, 3.05) is 0 Å². The number of carbonyl (C=O) groups excluding carboxylic acids is 2. The molecule has 0 saturated heterocycles. The van der Waals surface area contributed by atoms with E-state index in [-0.39, 0.29) is 23.1 Å². The Morgan fingerprint density at radius 1 is 1.10 bits per heavy atom. The molecular weight excluding hydrogens is 264 g/mol. The Hall–Kier alpha value is -1.84. The summed E-state index contributed by atoms with van der Waals surface area (Å²) in [5.74, 6) is -0.114. The van der Waals surface area contributed by atoms with E-state index < -0.39 is 0 Å². The van der Waals surface area contributed by atoms with Crippen molar-refractivity contribution in [3.05, 3.63) is 35.4 Å². The SMILES string of the molecule is CC(C)(C)c1ccc(CCC(=O)NNC(=O)C2CC2)cc1. The number of hydrogen-bond acceptors (Lipinski definition) is 2. The Morgan fingerprint density at radius 3 is 2.24 bits per heavy atom. The summed E-state index contributed by atoms with van der Waals surface area (Å²) in [5.41, 5.74) is 7.50. The monoisotopic (exact) mass is 288 g/mol. The number of nitrogens with one attached hydrogen (secondary N) is 2. The molecule has 1 fully saturated rings. The molecule has 21 heavy (non-hydrogen) atoms. The molecule has 0 radical (unpaired) electrons. The van der Waals surface area contributed by atoms with E-state index >= 15 is 0 Å². The second kappa shape index (κ2) is 6.29. The molecule has 2 amide bonds. The third kappa shape index (κ3) is 4.88. The summed E-state index contributed by atoms with van der Waals surface area (Å²) < 4.78 is 0. The lowest BCUT2D eigenvalue weighted by Gasteiger charge is -2.19. The number of hydrogen-bond donors (Lipinski definition) is 2. The van der Waals surface area contributed by atoms with E-state index in [2.05, 4.69) is 55.9 Å². The fourth-order valence-corrected chi connectivity index (χ4v) is 2.07. The smallest absolute Gasteiger partial charge is 0.241 e. The lowest BCUT2D eigenvalue weighted by Crippen LogP contribution is -2.42. The second-order valence-corrected chi connectivity index (χ2v) is 6.76. The van der Waals surface area contributed by atoms with Crippen molar-refractivity contribution < 1.29 is 9.59 Å². The van der Waals surface area contributed by atoms with Crippen molar-refractivity contribution in [2.45, 2.75) is 51.9 Å². The molecule has 1 saturated carbocycles. The fraction of sp³-hybridized carbons (Fsp3) is 0.529. The van der Waals surface area contributed by atoms with Crippen LogP contribution in [0.4, 0.5) is 0 Å². The van der Waals surface area contributed by atoms with Gasteiger partial charge in [-0.05, 0) is 35.8 Å². The second-order valence-electron chi connectivity index (χ2n) is 6.76. The average Bonchev–Trinajstić information content (AvgIpc) is 3.26. The topological polar surface area (TPSA) is 58.2 Å². The first kappa shape index (κ1) is 15.5. The van der Waals surface area contributed by atoms with Crippen LogP contribution in [0.2, 0.25) is 0 Å². The zero-order chi connectivity index (χ0) is 15.5. The van der Waals surface area contributed by atoms with Gasteiger partial charge in [-0.1, -0.05) is 45.0 Å². The van der Waals surface area contributed by atoms with E-state index in [0.717, 1.165) is 18.4 Å². The van der Waals surface area contributed by atoms with E-state index in [1.165, 1.54) is 5.56 Å². The first-order valence-electron chi connectivity index (χ1n) is 7.54. The molecule has 114 valence electrons. The summed E-state index contributed by atoms with van der Waals surface area (Å²) in [6.07, 6.45) is 2.92. The summed E-state index contributed by atoms with van der Waals surface area (Å²) in [6, 6.07) is 8.36. The van der Waals surface area contributed by atoms with Gasteiger partial charge in [-0.25, -0.2) is 0 Å². The molecule has 1 aromatic rings. The van der Waals surface area contributed by atoms with E-state index in [0.29, 0.717) is 12.8 Å². The highest BCUT2D eigenvalue weighted by molar-refractivity contribution is 5.84. The molecule has 1 aliphatic carbocycles. The maximum atomic E-state index is 11.7. The Bertz CT molecular complexity index is 511. The van der Waals surface area contributed by atoms with Crippen LogP contribution < -0.4 is 10.9 Å². The number of hydrazine groups is 1. The molecule has 2 N–H and O–H groups in total. The molecule has 1 aliphatic rings. The lowest BCUT2D eigenvalue weighted by atomic mass is 9.86. The third-order valence-electron chi connectivity index (χ3n) is 3.73. The maximum absolute atomic E-state index is 11.7. The van der Waals surface area contributed by atoms with Gasteiger partial charge >= 0.3 is 0 Å². The molecule has 1 aromatic carbocycles. The van der Waals surface area contributed by atoms with Gasteiger partial charge in [0, 0.05) is 12.3 Å². The average molecular weight is 288 g/mol. The number of aryl methyl sites for hydroxylation is 1. The van der Waals surface area contributed by atoms with Gasteiger partial charge in [0.2, 0.25) is 11.8 Å². The van der Waals surface area contributed by atoms with Crippen LogP contribution >= 0.6 is 0 Å². The van der Waals surface area contributed by atoms with Crippen molar-refractivity contribution in [1.82, 2.24) is 10.9 Å². The van der Waals surface area contributed by atoms with Crippen molar-refractivity contribution >= 4 is 11.8 Å². The van der Waals surface area contributed by atoms with Gasteiger partial charge in [0.05, 0.1) is 0 Å². The van der Waals surface area contributed by atoms with Gasteiger partial charge in [-0.3, -0.25) is 20.4 Å². The molecule has 2 rings (SSSR count). The van der Waals surface area contributed by atoms with Crippen LogP contribution in [-0.4, -0.2) is 11.8 Å². The largest absolute Gasteiger partial charge is 0.273 e.